The summed E-state index contributed by atoms with van der Waals surface area (Å²) in [7, 11) is -3.71. The Hall–Kier alpha value is -1.89. The van der Waals surface area contributed by atoms with Crippen molar-refractivity contribution >= 4 is 27.3 Å². The zero-order valence-corrected chi connectivity index (χ0v) is 17.1. The maximum Gasteiger partial charge on any atom is 0.283 e. The van der Waals surface area contributed by atoms with Gasteiger partial charge in [0, 0.05) is 22.2 Å². The SMILES string of the molecule is O=S1(=O)N=C(c2ccc(Cl)cc2)c2ccc(OCCCCC3CCNC3)cc21. The third-order valence-electron chi connectivity index (χ3n) is 5.25. The van der Waals surface area contributed by atoms with Gasteiger partial charge in [0.1, 0.15) is 10.6 Å². The Morgan fingerprint density at radius 3 is 2.71 bits per heavy atom. The molecule has 4 rings (SSSR count). The fourth-order valence-electron chi connectivity index (χ4n) is 3.72. The summed E-state index contributed by atoms with van der Waals surface area (Å²) in [6.45, 7) is 2.84. The van der Waals surface area contributed by atoms with Gasteiger partial charge in [0.25, 0.3) is 10.0 Å². The van der Waals surface area contributed by atoms with Crippen LogP contribution in [-0.4, -0.2) is 33.8 Å². The predicted octanol–water partition coefficient (Wildman–Crippen LogP) is 4.04. The number of sulfonamides is 1. The lowest BCUT2D eigenvalue weighted by Crippen LogP contribution is -2.09. The highest BCUT2D eigenvalue weighted by molar-refractivity contribution is 7.90. The quantitative estimate of drug-likeness (QED) is 0.689. The molecule has 0 aromatic heterocycles. The molecule has 2 aliphatic rings. The number of benzene rings is 2. The first-order valence-electron chi connectivity index (χ1n) is 9.62. The molecule has 0 bridgehead atoms. The number of hydrogen-bond donors (Lipinski definition) is 1. The minimum atomic E-state index is -3.71. The first-order chi connectivity index (χ1) is 13.5. The van der Waals surface area contributed by atoms with E-state index in [1.165, 1.54) is 12.8 Å². The fourth-order valence-corrected chi connectivity index (χ4v) is 5.10. The molecule has 2 heterocycles. The number of unbranched alkanes of at least 4 members (excludes halogenated alkanes) is 1. The van der Waals surface area contributed by atoms with Crippen molar-refractivity contribution in [2.45, 2.75) is 30.6 Å². The Labute approximate surface area is 170 Å². The summed E-state index contributed by atoms with van der Waals surface area (Å²) < 4.78 is 34.8. The smallest absolute Gasteiger partial charge is 0.283 e. The second-order valence-electron chi connectivity index (χ2n) is 7.28. The van der Waals surface area contributed by atoms with Crippen LogP contribution in [0.25, 0.3) is 0 Å². The van der Waals surface area contributed by atoms with E-state index in [2.05, 4.69) is 9.71 Å². The van der Waals surface area contributed by atoms with E-state index in [0.717, 1.165) is 37.4 Å². The number of ether oxygens (including phenoxy) is 1. The molecule has 148 valence electrons. The van der Waals surface area contributed by atoms with Gasteiger partial charge in [0.15, 0.2) is 0 Å². The maximum atomic E-state index is 12.5. The van der Waals surface area contributed by atoms with Crippen molar-refractivity contribution in [2.75, 3.05) is 19.7 Å². The van der Waals surface area contributed by atoms with E-state index in [1.807, 2.05) is 6.07 Å². The maximum absolute atomic E-state index is 12.5. The van der Waals surface area contributed by atoms with Crippen LogP contribution in [0.2, 0.25) is 5.02 Å². The Morgan fingerprint density at radius 1 is 1.14 bits per heavy atom. The zero-order valence-electron chi connectivity index (χ0n) is 15.5. The number of rotatable bonds is 7. The highest BCUT2D eigenvalue weighted by Crippen LogP contribution is 2.32. The average Bonchev–Trinajstić information content (AvgIpc) is 3.28. The molecular formula is C21H23ClN2O3S. The number of nitrogens with zero attached hydrogens (tertiary/aromatic N) is 1. The molecule has 0 amide bonds. The van der Waals surface area contributed by atoms with Crippen molar-refractivity contribution in [1.29, 1.82) is 0 Å². The van der Waals surface area contributed by atoms with E-state index >= 15 is 0 Å². The molecule has 2 aliphatic heterocycles. The lowest BCUT2D eigenvalue weighted by Gasteiger charge is -2.10. The molecule has 1 fully saturated rings. The van der Waals surface area contributed by atoms with E-state index in [4.69, 9.17) is 16.3 Å². The highest BCUT2D eigenvalue weighted by atomic mass is 35.5. The first kappa shape index (κ1) is 19.4. The Kier molecular flexibility index (Phi) is 5.71. The van der Waals surface area contributed by atoms with Gasteiger partial charge in [-0.1, -0.05) is 23.7 Å². The Morgan fingerprint density at radius 2 is 1.96 bits per heavy atom. The second-order valence-corrected chi connectivity index (χ2v) is 9.29. The van der Waals surface area contributed by atoms with Gasteiger partial charge in [-0.2, -0.15) is 12.8 Å². The topological polar surface area (TPSA) is 67.8 Å². The summed E-state index contributed by atoms with van der Waals surface area (Å²) in [5, 5.41) is 3.98. The summed E-state index contributed by atoms with van der Waals surface area (Å²) in [4.78, 5) is 0.201. The molecule has 2 aromatic carbocycles. The molecule has 1 unspecified atom stereocenters. The van der Waals surface area contributed by atoms with Crippen LogP contribution < -0.4 is 10.1 Å². The number of hydrogen-bond acceptors (Lipinski definition) is 4. The first-order valence-corrected chi connectivity index (χ1v) is 11.4. The van der Waals surface area contributed by atoms with Crippen LogP contribution in [0.4, 0.5) is 0 Å². The Bertz CT molecular complexity index is 981. The molecule has 0 radical (unpaired) electrons. The molecule has 5 nitrogen and oxygen atoms in total. The van der Waals surface area contributed by atoms with E-state index in [1.54, 1.807) is 36.4 Å². The Balaban J connectivity index is 1.41. The average molecular weight is 419 g/mol. The van der Waals surface area contributed by atoms with E-state index < -0.39 is 10.0 Å². The lowest BCUT2D eigenvalue weighted by atomic mass is 10.0. The van der Waals surface area contributed by atoms with Gasteiger partial charge in [-0.3, -0.25) is 0 Å². The van der Waals surface area contributed by atoms with Gasteiger partial charge in [-0.05, 0) is 69.0 Å². The van der Waals surface area contributed by atoms with Crippen LogP contribution in [0.5, 0.6) is 5.75 Å². The highest BCUT2D eigenvalue weighted by Gasteiger charge is 2.30. The van der Waals surface area contributed by atoms with Crippen LogP contribution in [-0.2, 0) is 10.0 Å². The molecule has 2 aromatic rings. The van der Waals surface area contributed by atoms with Crippen LogP contribution in [0.15, 0.2) is 51.8 Å². The lowest BCUT2D eigenvalue weighted by molar-refractivity contribution is 0.299. The number of halogens is 1. The molecule has 1 N–H and O–H groups in total. The van der Waals surface area contributed by atoms with Gasteiger partial charge in [0.2, 0.25) is 0 Å². The third kappa shape index (κ3) is 4.24. The third-order valence-corrected chi connectivity index (χ3v) is 6.82. The largest absolute Gasteiger partial charge is 0.494 e. The van der Waals surface area contributed by atoms with E-state index in [-0.39, 0.29) is 4.90 Å². The predicted molar refractivity (Wildman–Crippen MR) is 111 cm³/mol. The van der Waals surface area contributed by atoms with Crippen LogP contribution >= 0.6 is 11.6 Å². The van der Waals surface area contributed by atoms with Gasteiger partial charge < -0.3 is 10.1 Å². The molecule has 1 atom stereocenters. The molecule has 7 heteroatoms. The second kappa shape index (κ2) is 8.23. The van der Waals surface area contributed by atoms with Gasteiger partial charge >= 0.3 is 0 Å². The zero-order chi connectivity index (χ0) is 19.6. The summed E-state index contributed by atoms with van der Waals surface area (Å²) >= 11 is 5.93. The van der Waals surface area contributed by atoms with Crippen molar-refractivity contribution < 1.29 is 13.2 Å². The number of fused-ring (bicyclic) bond motifs is 1. The van der Waals surface area contributed by atoms with Crippen molar-refractivity contribution in [3.05, 3.63) is 58.6 Å². The summed E-state index contributed by atoms with van der Waals surface area (Å²) in [6, 6.07) is 12.2. The summed E-state index contributed by atoms with van der Waals surface area (Å²) in [5.74, 6) is 1.35. The van der Waals surface area contributed by atoms with Gasteiger partial charge in [0.05, 0.1) is 12.3 Å². The summed E-state index contributed by atoms with van der Waals surface area (Å²) in [5.41, 5.74) is 1.77. The molecule has 0 saturated carbocycles. The number of nitrogens with one attached hydrogen (secondary N) is 1. The molecule has 0 aliphatic carbocycles. The molecule has 1 saturated heterocycles. The van der Waals surface area contributed by atoms with Crippen LogP contribution in [0.3, 0.4) is 0 Å². The van der Waals surface area contributed by atoms with E-state index in [0.29, 0.717) is 28.7 Å². The molecule has 28 heavy (non-hydrogen) atoms. The van der Waals surface area contributed by atoms with E-state index in [9.17, 15) is 8.42 Å². The summed E-state index contributed by atoms with van der Waals surface area (Å²) in [6.07, 6.45) is 4.57. The normalized spacial score (nSPS) is 20.0. The van der Waals surface area contributed by atoms with Crippen molar-refractivity contribution in [1.82, 2.24) is 5.32 Å². The van der Waals surface area contributed by atoms with Crippen molar-refractivity contribution in [3.8, 4) is 5.75 Å². The minimum absolute atomic E-state index is 0.201. The fraction of sp³-hybridized carbons (Fsp3) is 0.381. The van der Waals surface area contributed by atoms with Gasteiger partial charge in [-0.25, -0.2) is 0 Å². The molecule has 0 spiro atoms. The van der Waals surface area contributed by atoms with Crippen molar-refractivity contribution in [2.24, 2.45) is 10.3 Å². The monoisotopic (exact) mass is 418 g/mol. The van der Waals surface area contributed by atoms with Gasteiger partial charge in [-0.15, -0.1) is 0 Å². The molecular weight excluding hydrogens is 396 g/mol. The van der Waals surface area contributed by atoms with Crippen LogP contribution in [0, 0.1) is 5.92 Å². The minimum Gasteiger partial charge on any atom is -0.494 e. The standard InChI is InChI=1S/C21H23ClN2O3S/c22-17-6-4-16(5-7-17)21-19-9-8-18(13-20(19)28(25,26)24-21)27-12-2-1-3-15-10-11-23-14-15/h4-9,13,15,23H,1-3,10-12,14H2. The van der Waals surface area contributed by atoms with Crippen molar-refractivity contribution in [3.63, 3.8) is 0 Å². The van der Waals surface area contributed by atoms with Crippen LogP contribution in [0.1, 0.15) is 36.8 Å².